The van der Waals surface area contributed by atoms with E-state index < -0.39 is 0 Å². The van der Waals surface area contributed by atoms with Gasteiger partial charge in [-0.3, -0.25) is 4.79 Å². The van der Waals surface area contributed by atoms with Crippen molar-refractivity contribution in [2.45, 2.75) is 39.7 Å². The first-order chi connectivity index (χ1) is 13.6. The molecule has 0 radical (unpaired) electrons. The Morgan fingerprint density at radius 1 is 1.00 bits per heavy atom. The first-order valence-electron chi connectivity index (χ1n) is 9.65. The van der Waals surface area contributed by atoms with E-state index in [-0.39, 0.29) is 11.5 Å². The highest BCUT2D eigenvalue weighted by molar-refractivity contribution is 5.82. The number of fused-ring (bicyclic) bond motifs is 1. The summed E-state index contributed by atoms with van der Waals surface area (Å²) in [5.41, 5.74) is 4.59. The molecule has 0 aliphatic heterocycles. The van der Waals surface area contributed by atoms with Crippen molar-refractivity contribution in [1.82, 2.24) is 19.6 Å². The Morgan fingerprint density at radius 3 is 2.43 bits per heavy atom. The smallest absolute Gasteiger partial charge is 0.265 e. The Balaban J connectivity index is 1.87. The molecule has 2 heterocycles. The van der Waals surface area contributed by atoms with Crippen molar-refractivity contribution in [3.8, 4) is 5.69 Å². The maximum absolute atomic E-state index is 13.3. The zero-order chi connectivity index (χ0) is 19.7. The van der Waals surface area contributed by atoms with Crippen LogP contribution in [0.3, 0.4) is 0 Å². The summed E-state index contributed by atoms with van der Waals surface area (Å²) in [6, 6.07) is 18.2. The Labute approximate surface area is 164 Å². The van der Waals surface area contributed by atoms with Gasteiger partial charge in [0.15, 0.2) is 0 Å². The van der Waals surface area contributed by atoms with E-state index in [0.29, 0.717) is 12.1 Å². The van der Waals surface area contributed by atoms with Crippen LogP contribution in [0, 0.1) is 6.92 Å². The van der Waals surface area contributed by atoms with Gasteiger partial charge < -0.3 is 0 Å². The summed E-state index contributed by atoms with van der Waals surface area (Å²) in [6.45, 7) is 6.76. The molecular weight excluding hydrogens is 348 g/mol. The van der Waals surface area contributed by atoms with Gasteiger partial charge in [-0.15, -0.1) is 0 Å². The van der Waals surface area contributed by atoms with Crippen LogP contribution in [0.15, 0.2) is 65.6 Å². The molecule has 0 spiro atoms. The molecule has 0 atom stereocenters. The lowest BCUT2D eigenvalue weighted by Crippen LogP contribution is -2.27. The number of para-hydroxylation sites is 1. The maximum Gasteiger partial charge on any atom is 0.293 e. The van der Waals surface area contributed by atoms with Crippen LogP contribution < -0.4 is 5.56 Å². The fraction of sp³-hybridized carbons (Fsp3) is 0.261. The normalized spacial score (nSPS) is 11.4. The fourth-order valence-electron chi connectivity index (χ4n) is 3.53. The molecule has 0 aliphatic carbocycles. The molecule has 0 unspecified atom stereocenters. The number of hydrogen-bond acceptors (Lipinski definition) is 3. The zero-order valence-corrected chi connectivity index (χ0v) is 16.5. The standard InChI is InChI=1S/C23H24N4O/c1-16(2)21-19-15-24-27(20-12-8-7-9-17(20)3)22(19)23(28)26(25-21)14-13-18-10-5-4-6-11-18/h4-12,15-16H,13-14H2,1-3H3. The lowest BCUT2D eigenvalue weighted by Gasteiger charge is -2.13. The molecule has 0 amide bonds. The maximum atomic E-state index is 13.3. The quantitative estimate of drug-likeness (QED) is 0.526. The Morgan fingerprint density at radius 2 is 1.71 bits per heavy atom. The van der Waals surface area contributed by atoms with Gasteiger partial charge in [-0.25, -0.2) is 9.36 Å². The predicted octanol–water partition coefficient (Wildman–Crippen LogP) is 4.26. The third-order valence-electron chi connectivity index (χ3n) is 5.06. The van der Waals surface area contributed by atoms with E-state index in [2.05, 4.69) is 31.1 Å². The van der Waals surface area contributed by atoms with Gasteiger partial charge in [0.1, 0.15) is 5.52 Å². The Kier molecular flexibility index (Phi) is 4.82. The number of hydrogen-bond donors (Lipinski definition) is 0. The monoisotopic (exact) mass is 372 g/mol. The molecule has 142 valence electrons. The largest absolute Gasteiger partial charge is 0.293 e. The van der Waals surface area contributed by atoms with E-state index in [9.17, 15) is 4.79 Å². The molecule has 2 aromatic heterocycles. The van der Waals surface area contributed by atoms with Gasteiger partial charge in [0.25, 0.3) is 5.56 Å². The van der Waals surface area contributed by atoms with Crippen molar-refractivity contribution in [2.24, 2.45) is 0 Å². The van der Waals surface area contributed by atoms with Gasteiger partial charge in [0.2, 0.25) is 0 Å². The van der Waals surface area contributed by atoms with Gasteiger partial charge in [-0.1, -0.05) is 62.4 Å². The summed E-state index contributed by atoms with van der Waals surface area (Å²) in [5.74, 6) is 0.195. The minimum Gasteiger partial charge on any atom is -0.265 e. The van der Waals surface area contributed by atoms with E-state index in [1.165, 1.54) is 5.56 Å². The third-order valence-corrected chi connectivity index (χ3v) is 5.06. The first kappa shape index (κ1) is 18.2. The van der Waals surface area contributed by atoms with Crippen molar-refractivity contribution in [3.63, 3.8) is 0 Å². The summed E-state index contributed by atoms with van der Waals surface area (Å²) in [4.78, 5) is 13.3. The molecule has 0 saturated carbocycles. The van der Waals surface area contributed by atoms with E-state index in [0.717, 1.165) is 28.8 Å². The number of aromatic nitrogens is 4. The van der Waals surface area contributed by atoms with Crippen molar-refractivity contribution < 1.29 is 0 Å². The van der Waals surface area contributed by atoms with Gasteiger partial charge in [0.05, 0.1) is 17.6 Å². The highest BCUT2D eigenvalue weighted by Crippen LogP contribution is 2.24. The van der Waals surface area contributed by atoms with Crippen LogP contribution in [0.2, 0.25) is 0 Å². The van der Waals surface area contributed by atoms with Crippen molar-refractivity contribution in [1.29, 1.82) is 0 Å². The second kappa shape index (κ2) is 7.43. The molecule has 4 rings (SSSR count). The van der Waals surface area contributed by atoms with Gasteiger partial charge in [-0.05, 0) is 36.5 Å². The molecule has 0 saturated heterocycles. The average Bonchev–Trinajstić information content (AvgIpc) is 3.13. The number of benzene rings is 2. The lowest BCUT2D eigenvalue weighted by molar-refractivity contribution is 0.562. The summed E-state index contributed by atoms with van der Waals surface area (Å²) in [6.07, 6.45) is 2.53. The highest BCUT2D eigenvalue weighted by atomic mass is 16.1. The van der Waals surface area contributed by atoms with Crippen molar-refractivity contribution in [2.75, 3.05) is 0 Å². The van der Waals surface area contributed by atoms with Crippen molar-refractivity contribution >= 4 is 10.9 Å². The summed E-state index contributed by atoms with van der Waals surface area (Å²) in [5, 5.41) is 10.1. The molecule has 0 fully saturated rings. The second-order valence-electron chi connectivity index (χ2n) is 7.41. The topological polar surface area (TPSA) is 52.7 Å². The molecule has 28 heavy (non-hydrogen) atoms. The Hall–Kier alpha value is -3.21. The van der Waals surface area contributed by atoms with E-state index in [1.807, 2.05) is 49.4 Å². The van der Waals surface area contributed by atoms with Crippen LogP contribution >= 0.6 is 0 Å². The molecule has 5 nitrogen and oxygen atoms in total. The molecular formula is C23H24N4O. The van der Waals surface area contributed by atoms with Crippen LogP contribution in [0.5, 0.6) is 0 Å². The minimum absolute atomic E-state index is 0.101. The number of rotatable bonds is 5. The summed E-state index contributed by atoms with van der Waals surface area (Å²) < 4.78 is 3.36. The average molecular weight is 372 g/mol. The summed E-state index contributed by atoms with van der Waals surface area (Å²) >= 11 is 0. The number of nitrogens with zero attached hydrogens (tertiary/aromatic N) is 4. The molecule has 2 aromatic carbocycles. The predicted molar refractivity (Wildman–Crippen MR) is 112 cm³/mol. The molecule has 0 N–H and O–H groups in total. The van der Waals surface area contributed by atoms with Crippen LogP contribution in [-0.2, 0) is 13.0 Å². The summed E-state index contributed by atoms with van der Waals surface area (Å²) in [7, 11) is 0. The fourth-order valence-corrected chi connectivity index (χ4v) is 3.53. The molecule has 4 aromatic rings. The SMILES string of the molecule is Cc1ccccc1-n1ncc2c(C(C)C)nn(CCc3ccccc3)c(=O)c21. The number of aryl methyl sites for hydroxylation is 3. The van der Waals surface area contributed by atoms with Crippen LogP contribution in [-0.4, -0.2) is 19.6 Å². The van der Waals surface area contributed by atoms with Gasteiger partial charge in [-0.2, -0.15) is 10.2 Å². The van der Waals surface area contributed by atoms with Gasteiger partial charge >= 0.3 is 0 Å². The van der Waals surface area contributed by atoms with Crippen LogP contribution in [0.4, 0.5) is 0 Å². The molecule has 0 aliphatic rings. The van der Waals surface area contributed by atoms with E-state index >= 15 is 0 Å². The van der Waals surface area contributed by atoms with E-state index in [4.69, 9.17) is 5.10 Å². The lowest BCUT2D eigenvalue weighted by atomic mass is 10.1. The minimum atomic E-state index is -0.101. The Bertz CT molecular complexity index is 1170. The zero-order valence-electron chi connectivity index (χ0n) is 16.5. The third kappa shape index (κ3) is 3.24. The first-order valence-corrected chi connectivity index (χ1v) is 9.65. The van der Waals surface area contributed by atoms with Crippen molar-refractivity contribution in [3.05, 3.63) is 88.0 Å². The highest BCUT2D eigenvalue weighted by Gasteiger charge is 2.19. The molecule has 0 bridgehead atoms. The van der Waals surface area contributed by atoms with Crippen LogP contribution in [0.25, 0.3) is 16.6 Å². The van der Waals surface area contributed by atoms with Crippen LogP contribution in [0.1, 0.15) is 36.6 Å². The molecule has 5 heteroatoms. The van der Waals surface area contributed by atoms with E-state index in [1.54, 1.807) is 15.6 Å². The second-order valence-corrected chi connectivity index (χ2v) is 7.41. The van der Waals surface area contributed by atoms with Gasteiger partial charge in [0, 0.05) is 11.9 Å².